The number of hydrogen-bond acceptors (Lipinski definition) is 2. The average Bonchev–Trinajstić information content (AvgIpc) is 3.26. The van der Waals surface area contributed by atoms with Crippen molar-refractivity contribution in [2.75, 3.05) is 6.54 Å². The minimum absolute atomic E-state index is 0.0610. The number of carbonyl (C=O) groups excluding carboxylic acids is 1. The number of aromatic amines is 1. The molecule has 1 aromatic heterocycles. The molecular formula is C18H21FN4O. The Morgan fingerprint density at radius 2 is 2.25 bits per heavy atom. The van der Waals surface area contributed by atoms with E-state index in [4.69, 9.17) is 0 Å². The summed E-state index contributed by atoms with van der Waals surface area (Å²) in [5.41, 5.74) is 2.70. The molecule has 1 aliphatic carbocycles. The molecule has 2 aromatic rings. The summed E-state index contributed by atoms with van der Waals surface area (Å²) in [5.74, 6) is -0.168. The first-order valence-corrected chi connectivity index (χ1v) is 8.57. The average molecular weight is 328 g/mol. The molecule has 0 spiro atoms. The number of halogens is 1. The summed E-state index contributed by atoms with van der Waals surface area (Å²) < 4.78 is 13.9. The zero-order valence-electron chi connectivity index (χ0n) is 13.5. The number of fused-ring (bicyclic) bond motifs is 1. The number of carbonyl (C=O) groups is 1. The van der Waals surface area contributed by atoms with Gasteiger partial charge in [-0.25, -0.2) is 9.18 Å². The lowest BCUT2D eigenvalue weighted by molar-refractivity contribution is 0.148. The lowest BCUT2D eigenvalue weighted by Gasteiger charge is -2.36. The van der Waals surface area contributed by atoms with Crippen molar-refractivity contribution in [3.8, 4) is 0 Å². The van der Waals surface area contributed by atoms with Crippen LogP contribution in [0.2, 0.25) is 0 Å². The summed E-state index contributed by atoms with van der Waals surface area (Å²) in [6.07, 6.45) is 8.15. The number of likely N-dealkylation sites (tertiary alicyclic amines) is 1. The van der Waals surface area contributed by atoms with Gasteiger partial charge >= 0.3 is 6.03 Å². The molecule has 1 aromatic carbocycles. The van der Waals surface area contributed by atoms with Crippen molar-refractivity contribution in [2.45, 2.75) is 44.2 Å². The highest BCUT2D eigenvalue weighted by Crippen LogP contribution is 2.34. The summed E-state index contributed by atoms with van der Waals surface area (Å²) in [6, 6.07) is 5.01. The maximum absolute atomic E-state index is 13.9. The molecule has 1 fully saturated rings. The van der Waals surface area contributed by atoms with Gasteiger partial charge in [-0.3, -0.25) is 5.10 Å². The van der Waals surface area contributed by atoms with Gasteiger partial charge in [0, 0.05) is 18.3 Å². The molecule has 24 heavy (non-hydrogen) atoms. The molecule has 0 bridgehead atoms. The second kappa shape index (κ2) is 6.26. The first-order chi connectivity index (χ1) is 11.7. The van der Waals surface area contributed by atoms with Crippen LogP contribution in [0.4, 0.5) is 9.18 Å². The molecule has 4 rings (SSSR count). The fourth-order valence-electron chi connectivity index (χ4n) is 3.96. The number of H-pyrrole nitrogens is 1. The molecule has 2 aliphatic rings. The van der Waals surface area contributed by atoms with Crippen LogP contribution in [0, 0.1) is 5.82 Å². The summed E-state index contributed by atoms with van der Waals surface area (Å²) in [6.45, 7) is 0.740. The first kappa shape index (κ1) is 15.2. The predicted molar refractivity (Wildman–Crippen MR) is 87.9 cm³/mol. The van der Waals surface area contributed by atoms with Gasteiger partial charge in [0.05, 0.1) is 18.3 Å². The minimum Gasteiger partial charge on any atom is -0.331 e. The normalized spacial score (nSPS) is 23.1. The number of aromatic nitrogens is 2. The molecule has 2 N–H and O–H groups in total. The van der Waals surface area contributed by atoms with Crippen molar-refractivity contribution in [3.05, 3.63) is 53.1 Å². The van der Waals surface area contributed by atoms with E-state index in [0.717, 1.165) is 48.9 Å². The fraction of sp³-hybridized carbons (Fsp3) is 0.444. The van der Waals surface area contributed by atoms with Crippen LogP contribution >= 0.6 is 0 Å². The van der Waals surface area contributed by atoms with Crippen LogP contribution in [-0.2, 0) is 6.42 Å². The number of piperidine rings is 1. The number of benzene rings is 1. The van der Waals surface area contributed by atoms with Gasteiger partial charge < -0.3 is 10.2 Å². The maximum Gasteiger partial charge on any atom is 0.318 e. The summed E-state index contributed by atoms with van der Waals surface area (Å²) in [4.78, 5) is 14.7. The molecule has 0 radical (unpaired) electrons. The Hall–Kier alpha value is -2.37. The smallest absolute Gasteiger partial charge is 0.318 e. The SMILES string of the molecule is O=C(N[C@@H]1CCc2c(F)cccc21)N1CCCC[C@H]1c1cn[nH]c1. The van der Waals surface area contributed by atoms with Crippen LogP contribution in [-0.4, -0.2) is 27.7 Å². The zero-order chi connectivity index (χ0) is 16.5. The quantitative estimate of drug-likeness (QED) is 0.887. The number of urea groups is 1. The monoisotopic (exact) mass is 328 g/mol. The second-order valence-electron chi connectivity index (χ2n) is 6.58. The summed E-state index contributed by atoms with van der Waals surface area (Å²) >= 11 is 0. The van der Waals surface area contributed by atoms with E-state index in [1.54, 1.807) is 12.3 Å². The van der Waals surface area contributed by atoms with Crippen molar-refractivity contribution in [3.63, 3.8) is 0 Å². The van der Waals surface area contributed by atoms with Crippen molar-refractivity contribution in [2.24, 2.45) is 0 Å². The molecule has 1 aliphatic heterocycles. The van der Waals surface area contributed by atoms with Gasteiger partial charge in [-0.15, -0.1) is 0 Å². The molecule has 2 amide bonds. The highest BCUT2D eigenvalue weighted by molar-refractivity contribution is 5.75. The van der Waals surface area contributed by atoms with E-state index in [1.165, 1.54) is 6.07 Å². The highest BCUT2D eigenvalue weighted by atomic mass is 19.1. The van der Waals surface area contributed by atoms with Crippen LogP contribution in [0.5, 0.6) is 0 Å². The van der Waals surface area contributed by atoms with Crippen LogP contribution in [0.15, 0.2) is 30.6 Å². The third-order valence-corrected chi connectivity index (χ3v) is 5.18. The summed E-state index contributed by atoms with van der Waals surface area (Å²) in [7, 11) is 0. The predicted octanol–water partition coefficient (Wildman–Crippen LogP) is 3.47. The van der Waals surface area contributed by atoms with E-state index in [1.807, 2.05) is 17.2 Å². The molecule has 126 valence electrons. The van der Waals surface area contributed by atoms with E-state index in [9.17, 15) is 9.18 Å². The fourth-order valence-corrected chi connectivity index (χ4v) is 3.96. The van der Waals surface area contributed by atoms with Gasteiger partial charge in [0.25, 0.3) is 0 Å². The van der Waals surface area contributed by atoms with E-state index >= 15 is 0 Å². The molecule has 2 heterocycles. The van der Waals surface area contributed by atoms with Gasteiger partial charge in [0.15, 0.2) is 0 Å². The van der Waals surface area contributed by atoms with Gasteiger partial charge in [-0.05, 0) is 49.3 Å². The highest BCUT2D eigenvalue weighted by Gasteiger charge is 2.32. The lowest BCUT2D eigenvalue weighted by atomic mass is 9.98. The van der Waals surface area contributed by atoms with E-state index < -0.39 is 0 Å². The van der Waals surface area contributed by atoms with Gasteiger partial charge in [0.1, 0.15) is 5.82 Å². The Labute approximate surface area is 140 Å². The van der Waals surface area contributed by atoms with Crippen molar-refractivity contribution in [1.82, 2.24) is 20.4 Å². The van der Waals surface area contributed by atoms with Crippen LogP contribution in [0.1, 0.15) is 54.5 Å². The Morgan fingerprint density at radius 3 is 3.08 bits per heavy atom. The Balaban J connectivity index is 1.51. The number of rotatable bonds is 2. The van der Waals surface area contributed by atoms with Crippen LogP contribution in [0.25, 0.3) is 0 Å². The Kier molecular flexibility index (Phi) is 3.96. The van der Waals surface area contributed by atoms with E-state index in [2.05, 4.69) is 15.5 Å². The molecule has 6 heteroatoms. The van der Waals surface area contributed by atoms with Gasteiger partial charge in [0.2, 0.25) is 0 Å². The molecule has 2 atom stereocenters. The third kappa shape index (κ3) is 2.66. The maximum atomic E-state index is 13.9. The van der Waals surface area contributed by atoms with Crippen LogP contribution < -0.4 is 5.32 Å². The number of hydrogen-bond donors (Lipinski definition) is 2. The van der Waals surface area contributed by atoms with Gasteiger partial charge in [-0.2, -0.15) is 5.10 Å². The molecule has 5 nitrogen and oxygen atoms in total. The largest absolute Gasteiger partial charge is 0.331 e. The van der Waals surface area contributed by atoms with E-state index in [0.29, 0.717) is 6.42 Å². The van der Waals surface area contributed by atoms with Crippen LogP contribution in [0.3, 0.4) is 0 Å². The van der Waals surface area contributed by atoms with Crippen molar-refractivity contribution in [1.29, 1.82) is 0 Å². The standard InChI is InChI=1S/C18H21FN4O/c19-15-5-3-4-14-13(15)7-8-16(14)22-18(24)23-9-2-1-6-17(23)12-10-20-21-11-12/h3-5,10-11,16-17H,1-2,6-9H2,(H,20,21)(H,22,24)/t16-,17+/m1/s1. The third-order valence-electron chi connectivity index (χ3n) is 5.18. The first-order valence-electron chi connectivity index (χ1n) is 8.57. The number of amides is 2. The minimum atomic E-state index is -0.168. The Bertz CT molecular complexity index is 731. The van der Waals surface area contributed by atoms with Crippen molar-refractivity contribution >= 4 is 6.03 Å². The van der Waals surface area contributed by atoms with Gasteiger partial charge in [-0.1, -0.05) is 12.1 Å². The molecule has 1 saturated heterocycles. The molecule has 0 saturated carbocycles. The molecular weight excluding hydrogens is 307 g/mol. The van der Waals surface area contributed by atoms with Crippen molar-refractivity contribution < 1.29 is 9.18 Å². The Morgan fingerprint density at radius 1 is 1.33 bits per heavy atom. The second-order valence-corrected chi connectivity index (χ2v) is 6.58. The number of nitrogens with zero attached hydrogens (tertiary/aromatic N) is 2. The number of nitrogens with one attached hydrogen (secondary N) is 2. The molecule has 0 unspecified atom stereocenters. The lowest BCUT2D eigenvalue weighted by Crippen LogP contribution is -2.45. The summed E-state index contributed by atoms with van der Waals surface area (Å²) in [5, 5.41) is 9.95. The zero-order valence-corrected chi connectivity index (χ0v) is 13.5. The topological polar surface area (TPSA) is 61.0 Å². The van der Waals surface area contributed by atoms with E-state index in [-0.39, 0.29) is 23.9 Å².